The van der Waals surface area contributed by atoms with Crippen molar-refractivity contribution in [2.45, 2.75) is 31.5 Å². The first kappa shape index (κ1) is 12.1. The SMILES string of the molecule is O[C@@H]1CCC[C@H]1Oc1cc(F)c(Cl)cc1Br. The van der Waals surface area contributed by atoms with Gasteiger partial charge in [0.1, 0.15) is 17.7 Å². The van der Waals surface area contributed by atoms with Crippen molar-refractivity contribution >= 4 is 27.5 Å². The molecule has 2 rings (SSSR count). The van der Waals surface area contributed by atoms with Crippen LogP contribution in [0.4, 0.5) is 4.39 Å². The van der Waals surface area contributed by atoms with Crippen molar-refractivity contribution in [2.24, 2.45) is 0 Å². The molecule has 16 heavy (non-hydrogen) atoms. The molecule has 1 N–H and O–H groups in total. The van der Waals surface area contributed by atoms with E-state index in [2.05, 4.69) is 15.9 Å². The maximum Gasteiger partial charge on any atom is 0.145 e. The largest absolute Gasteiger partial charge is 0.486 e. The summed E-state index contributed by atoms with van der Waals surface area (Å²) in [6.45, 7) is 0. The highest BCUT2D eigenvalue weighted by Crippen LogP contribution is 2.33. The molecule has 2 atom stereocenters. The van der Waals surface area contributed by atoms with Crippen molar-refractivity contribution in [3.8, 4) is 5.75 Å². The van der Waals surface area contributed by atoms with E-state index in [9.17, 15) is 9.50 Å². The van der Waals surface area contributed by atoms with E-state index in [4.69, 9.17) is 16.3 Å². The van der Waals surface area contributed by atoms with Crippen LogP contribution in [0.25, 0.3) is 0 Å². The van der Waals surface area contributed by atoms with Gasteiger partial charge in [0.05, 0.1) is 15.6 Å². The summed E-state index contributed by atoms with van der Waals surface area (Å²) >= 11 is 8.87. The van der Waals surface area contributed by atoms with Crippen LogP contribution in [0.3, 0.4) is 0 Å². The molecule has 1 saturated carbocycles. The molecule has 1 aliphatic rings. The van der Waals surface area contributed by atoms with Gasteiger partial charge in [-0.2, -0.15) is 0 Å². The molecule has 1 aromatic rings. The summed E-state index contributed by atoms with van der Waals surface area (Å²) in [7, 11) is 0. The zero-order chi connectivity index (χ0) is 11.7. The van der Waals surface area contributed by atoms with E-state index in [-0.39, 0.29) is 11.1 Å². The average Bonchev–Trinajstić information content (AvgIpc) is 2.61. The van der Waals surface area contributed by atoms with Crippen molar-refractivity contribution in [3.05, 3.63) is 27.4 Å². The number of rotatable bonds is 2. The minimum absolute atomic E-state index is 0.0474. The van der Waals surface area contributed by atoms with Gasteiger partial charge in [-0.3, -0.25) is 0 Å². The first-order valence-corrected chi connectivity index (χ1v) is 6.24. The molecule has 5 heteroatoms. The van der Waals surface area contributed by atoms with E-state index < -0.39 is 11.9 Å². The molecule has 1 aliphatic carbocycles. The maximum absolute atomic E-state index is 13.2. The fourth-order valence-electron chi connectivity index (χ4n) is 1.80. The van der Waals surface area contributed by atoms with Gasteiger partial charge < -0.3 is 9.84 Å². The van der Waals surface area contributed by atoms with Crippen LogP contribution < -0.4 is 4.74 Å². The summed E-state index contributed by atoms with van der Waals surface area (Å²) in [5.74, 6) is -0.139. The number of ether oxygens (including phenoxy) is 1. The van der Waals surface area contributed by atoms with Crippen LogP contribution >= 0.6 is 27.5 Å². The lowest BCUT2D eigenvalue weighted by Gasteiger charge is -2.18. The van der Waals surface area contributed by atoms with Gasteiger partial charge in [-0.1, -0.05) is 11.6 Å². The zero-order valence-electron chi connectivity index (χ0n) is 8.42. The summed E-state index contributed by atoms with van der Waals surface area (Å²) in [5, 5.41) is 9.65. The molecular weight excluding hydrogens is 298 g/mol. The van der Waals surface area contributed by atoms with Crippen LogP contribution in [0.1, 0.15) is 19.3 Å². The van der Waals surface area contributed by atoms with Crippen LogP contribution in [0.5, 0.6) is 5.75 Å². The van der Waals surface area contributed by atoms with Crippen LogP contribution in [0, 0.1) is 5.82 Å². The Morgan fingerprint density at radius 1 is 1.44 bits per heavy atom. The van der Waals surface area contributed by atoms with E-state index in [1.165, 1.54) is 12.1 Å². The fraction of sp³-hybridized carbons (Fsp3) is 0.455. The zero-order valence-corrected chi connectivity index (χ0v) is 10.8. The third-order valence-corrected chi connectivity index (χ3v) is 3.58. The van der Waals surface area contributed by atoms with Gasteiger partial charge >= 0.3 is 0 Å². The van der Waals surface area contributed by atoms with E-state index in [1.54, 1.807) is 0 Å². The molecule has 0 aromatic heterocycles. The Morgan fingerprint density at radius 2 is 2.19 bits per heavy atom. The van der Waals surface area contributed by atoms with Gasteiger partial charge in [-0.15, -0.1) is 0 Å². The third-order valence-electron chi connectivity index (χ3n) is 2.67. The second-order valence-electron chi connectivity index (χ2n) is 3.85. The molecule has 0 unspecified atom stereocenters. The predicted octanol–water partition coefficient (Wildman–Crippen LogP) is 3.53. The van der Waals surface area contributed by atoms with Gasteiger partial charge in [-0.05, 0) is 41.3 Å². The number of aliphatic hydroxyl groups is 1. The molecule has 0 spiro atoms. The lowest BCUT2D eigenvalue weighted by molar-refractivity contribution is 0.0597. The molecule has 1 aromatic carbocycles. The lowest BCUT2D eigenvalue weighted by Crippen LogP contribution is -2.25. The van der Waals surface area contributed by atoms with Crippen LogP contribution in [0.15, 0.2) is 16.6 Å². The van der Waals surface area contributed by atoms with E-state index in [0.29, 0.717) is 10.2 Å². The monoisotopic (exact) mass is 308 g/mol. The van der Waals surface area contributed by atoms with Crippen LogP contribution in [0.2, 0.25) is 5.02 Å². The molecule has 88 valence electrons. The van der Waals surface area contributed by atoms with E-state index in [1.807, 2.05) is 0 Å². The Balaban J connectivity index is 2.18. The minimum atomic E-state index is -0.521. The Morgan fingerprint density at radius 3 is 2.81 bits per heavy atom. The molecule has 0 saturated heterocycles. The summed E-state index contributed by atoms with van der Waals surface area (Å²) in [6, 6.07) is 2.69. The number of aliphatic hydroxyl groups excluding tert-OH is 1. The van der Waals surface area contributed by atoms with E-state index >= 15 is 0 Å². The summed E-state index contributed by atoms with van der Waals surface area (Å²) in [4.78, 5) is 0. The summed E-state index contributed by atoms with van der Waals surface area (Å²) in [5.41, 5.74) is 0. The topological polar surface area (TPSA) is 29.5 Å². The number of hydrogen-bond donors (Lipinski definition) is 1. The van der Waals surface area contributed by atoms with Gasteiger partial charge in [0.25, 0.3) is 0 Å². The first-order valence-electron chi connectivity index (χ1n) is 5.07. The summed E-state index contributed by atoms with van der Waals surface area (Å²) in [6.07, 6.45) is 1.73. The predicted molar refractivity (Wildman–Crippen MR) is 63.4 cm³/mol. The molecule has 0 radical (unpaired) electrons. The third kappa shape index (κ3) is 2.50. The number of benzene rings is 1. The second-order valence-corrected chi connectivity index (χ2v) is 5.11. The van der Waals surface area contributed by atoms with Crippen molar-refractivity contribution in [1.82, 2.24) is 0 Å². The first-order chi connectivity index (χ1) is 7.58. The average molecular weight is 310 g/mol. The Kier molecular flexibility index (Phi) is 3.72. The lowest BCUT2D eigenvalue weighted by atomic mass is 10.2. The van der Waals surface area contributed by atoms with Gasteiger partial charge in [0, 0.05) is 6.07 Å². The Hall–Kier alpha value is -0.320. The highest BCUT2D eigenvalue weighted by atomic mass is 79.9. The standard InChI is InChI=1S/C11H11BrClFO2/c12-6-4-7(13)8(14)5-11(6)16-10-3-1-2-9(10)15/h4-5,9-10,15H,1-3H2/t9-,10-/m1/s1. The molecule has 2 nitrogen and oxygen atoms in total. The molecule has 0 bridgehead atoms. The van der Waals surface area contributed by atoms with Crippen molar-refractivity contribution in [2.75, 3.05) is 0 Å². The highest BCUT2D eigenvalue weighted by molar-refractivity contribution is 9.10. The quantitative estimate of drug-likeness (QED) is 0.847. The van der Waals surface area contributed by atoms with Gasteiger partial charge in [0.2, 0.25) is 0 Å². The van der Waals surface area contributed by atoms with Crippen molar-refractivity contribution < 1.29 is 14.2 Å². The van der Waals surface area contributed by atoms with Crippen molar-refractivity contribution in [3.63, 3.8) is 0 Å². The summed E-state index contributed by atoms with van der Waals surface area (Å²) < 4.78 is 19.4. The Labute approximate surface area is 106 Å². The normalized spacial score (nSPS) is 24.8. The second kappa shape index (κ2) is 4.90. The van der Waals surface area contributed by atoms with Crippen molar-refractivity contribution in [1.29, 1.82) is 0 Å². The molecule has 1 fully saturated rings. The fourth-order valence-corrected chi connectivity index (χ4v) is 2.53. The molecule has 0 heterocycles. The smallest absolute Gasteiger partial charge is 0.145 e. The molecule has 0 amide bonds. The molecule has 0 aliphatic heterocycles. The minimum Gasteiger partial charge on any atom is -0.486 e. The van der Waals surface area contributed by atoms with Crippen LogP contribution in [-0.4, -0.2) is 17.3 Å². The highest BCUT2D eigenvalue weighted by Gasteiger charge is 2.27. The number of hydrogen-bond acceptors (Lipinski definition) is 2. The maximum atomic E-state index is 13.2. The molecular formula is C11H11BrClFO2. The van der Waals surface area contributed by atoms with Gasteiger partial charge in [-0.25, -0.2) is 4.39 Å². The van der Waals surface area contributed by atoms with E-state index in [0.717, 1.165) is 19.3 Å². The van der Waals surface area contributed by atoms with Gasteiger partial charge in [0.15, 0.2) is 0 Å². The van der Waals surface area contributed by atoms with Crippen LogP contribution in [-0.2, 0) is 0 Å². The Bertz CT molecular complexity index is 400. The number of halogens is 3.